The number of allylic oxidation sites excluding steroid dienone is 1. The molecule has 0 spiro atoms. The minimum absolute atomic E-state index is 0.0529. The molecule has 10 heteroatoms. The van der Waals surface area contributed by atoms with Crippen LogP contribution in [0.15, 0.2) is 11.6 Å². The molecule has 2 saturated carbocycles. The van der Waals surface area contributed by atoms with E-state index < -0.39 is 77.2 Å². The molecule has 3 aliphatic rings. The van der Waals surface area contributed by atoms with E-state index in [1.54, 1.807) is 26.8 Å². The number of Topliss-reactive ketones (excluding diaryl/α,β-unsaturated/α-hetero) is 2. The standard InChI is InChI=1S/C31H56O7Si3/c1-19-17-30(37-39(8,9)10)18-21(32)16-22(30)31(38-40(11,12)13)20(2)25(33)26(34)23(29(6,7)35)24(31)27(19)36-41(14,15)28(3,4)5/h16,19-20,23-24,27,35H,17-18H2,1-15H3/t19-,20-,23+,24-,27-,30+,31+/m1/s1. The van der Waals surface area contributed by atoms with Crippen LogP contribution >= 0.6 is 0 Å². The van der Waals surface area contributed by atoms with E-state index in [0.29, 0.717) is 12.0 Å². The third kappa shape index (κ3) is 6.26. The van der Waals surface area contributed by atoms with E-state index in [9.17, 15) is 19.5 Å². The van der Waals surface area contributed by atoms with Gasteiger partial charge in [-0.15, -0.1) is 0 Å². The Hall–Kier alpha value is -0.759. The fraction of sp³-hybridized carbons (Fsp3) is 0.839. The smallest absolute Gasteiger partial charge is 0.205 e. The quantitative estimate of drug-likeness (QED) is 0.263. The summed E-state index contributed by atoms with van der Waals surface area (Å²) in [6.07, 6.45) is 1.84. The number of carbonyl (C=O) groups is 3. The van der Waals surface area contributed by atoms with Gasteiger partial charge in [-0.2, -0.15) is 0 Å². The maximum Gasteiger partial charge on any atom is 0.205 e. The molecule has 0 saturated heterocycles. The molecule has 41 heavy (non-hydrogen) atoms. The molecule has 3 aliphatic carbocycles. The zero-order valence-electron chi connectivity index (χ0n) is 28.3. The van der Waals surface area contributed by atoms with Crippen molar-refractivity contribution in [2.75, 3.05) is 0 Å². The lowest BCUT2D eigenvalue weighted by atomic mass is 9.54. The number of hydrogen-bond donors (Lipinski definition) is 1. The van der Waals surface area contributed by atoms with Crippen LogP contribution < -0.4 is 0 Å². The van der Waals surface area contributed by atoms with Gasteiger partial charge in [0.15, 0.2) is 30.7 Å². The van der Waals surface area contributed by atoms with Gasteiger partial charge in [-0.25, -0.2) is 0 Å². The zero-order chi connectivity index (χ0) is 31.9. The Labute approximate surface area is 251 Å². The van der Waals surface area contributed by atoms with E-state index in [-0.39, 0.29) is 23.2 Å². The summed E-state index contributed by atoms with van der Waals surface area (Å²) in [5.41, 5.74) is -3.16. The van der Waals surface area contributed by atoms with Gasteiger partial charge >= 0.3 is 0 Å². The van der Waals surface area contributed by atoms with Gasteiger partial charge in [0.25, 0.3) is 0 Å². The van der Waals surface area contributed by atoms with Crippen molar-refractivity contribution in [1.82, 2.24) is 0 Å². The van der Waals surface area contributed by atoms with E-state index in [2.05, 4.69) is 80.1 Å². The van der Waals surface area contributed by atoms with E-state index in [4.69, 9.17) is 13.3 Å². The molecule has 0 amide bonds. The molecule has 0 aliphatic heterocycles. The van der Waals surface area contributed by atoms with Gasteiger partial charge in [0, 0.05) is 12.3 Å². The lowest BCUT2D eigenvalue weighted by Crippen LogP contribution is -2.71. The van der Waals surface area contributed by atoms with Crippen molar-refractivity contribution in [3.8, 4) is 0 Å². The number of fused-ring (bicyclic) bond motifs is 3. The van der Waals surface area contributed by atoms with Crippen LogP contribution in [0.25, 0.3) is 0 Å². The molecule has 2 fully saturated rings. The minimum Gasteiger partial charge on any atom is -0.413 e. The molecule has 0 aromatic carbocycles. The van der Waals surface area contributed by atoms with Gasteiger partial charge in [-0.05, 0) is 95.2 Å². The topological polar surface area (TPSA) is 99.1 Å². The van der Waals surface area contributed by atoms with Gasteiger partial charge in [-0.3, -0.25) is 14.4 Å². The molecule has 7 atom stereocenters. The molecule has 0 aromatic rings. The first-order chi connectivity index (χ1) is 18.1. The molecule has 0 unspecified atom stereocenters. The van der Waals surface area contributed by atoms with E-state index >= 15 is 0 Å². The second kappa shape index (κ2) is 10.4. The molecule has 0 radical (unpaired) electrons. The maximum atomic E-state index is 14.0. The first kappa shape index (κ1) is 34.7. The Balaban J connectivity index is 2.54. The first-order valence-electron chi connectivity index (χ1n) is 15.2. The van der Waals surface area contributed by atoms with Crippen molar-refractivity contribution in [2.45, 2.75) is 142 Å². The van der Waals surface area contributed by atoms with Crippen LogP contribution in [0.5, 0.6) is 0 Å². The molecule has 1 N–H and O–H groups in total. The lowest BCUT2D eigenvalue weighted by Gasteiger charge is -2.59. The van der Waals surface area contributed by atoms with E-state index in [1.807, 2.05) is 0 Å². The monoisotopic (exact) mass is 624 g/mol. The molecule has 0 heterocycles. The normalized spacial score (nSPS) is 35.7. The van der Waals surface area contributed by atoms with Crippen LogP contribution in [-0.4, -0.2) is 70.3 Å². The molecule has 7 nitrogen and oxygen atoms in total. The number of hydrogen-bond acceptors (Lipinski definition) is 7. The highest BCUT2D eigenvalue weighted by Gasteiger charge is 2.72. The van der Waals surface area contributed by atoms with Crippen molar-refractivity contribution in [3.63, 3.8) is 0 Å². The largest absolute Gasteiger partial charge is 0.413 e. The third-order valence-electron chi connectivity index (χ3n) is 9.63. The van der Waals surface area contributed by atoms with Crippen LogP contribution in [0.3, 0.4) is 0 Å². The Kier molecular flexibility index (Phi) is 8.82. The van der Waals surface area contributed by atoms with Crippen LogP contribution in [0.2, 0.25) is 57.4 Å². The highest BCUT2D eigenvalue weighted by Crippen LogP contribution is 2.62. The number of aliphatic hydroxyl groups is 1. The van der Waals surface area contributed by atoms with Crippen molar-refractivity contribution in [3.05, 3.63) is 11.6 Å². The third-order valence-corrected chi connectivity index (χ3v) is 16.1. The van der Waals surface area contributed by atoms with Crippen molar-refractivity contribution < 1.29 is 32.8 Å². The highest BCUT2D eigenvalue weighted by molar-refractivity contribution is 6.74. The zero-order valence-corrected chi connectivity index (χ0v) is 31.3. The number of rotatable bonds is 7. The molecular weight excluding hydrogens is 569 g/mol. The summed E-state index contributed by atoms with van der Waals surface area (Å²) >= 11 is 0. The summed E-state index contributed by atoms with van der Waals surface area (Å²) in [6, 6.07) is 0. The summed E-state index contributed by atoms with van der Waals surface area (Å²) < 4.78 is 21.7. The fourth-order valence-electron chi connectivity index (χ4n) is 7.37. The summed E-state index contributed by atoms with van der Waals surface area (Å²) in [7, 11) is -7.15. The fourth-order valence-corrected chi connectivity index (χ4v) is 11.7. The Morgan fingerprint density at radius 2 is 1.37 bits per heavy atom. The SMILES string of the molecule is C[C@@H]1C[C@]2(O[Si](C)(C)C)CC(=O)C=C2[C@]2(O[Si](C)(C)C)[C@@H]([C@@H]1O[Si](C)(C)C(C)(C)C)[C@H](C(C)(C)O)C(=O)C(=O)[C@H]2C. The summed E-state index contributed by atoms with van der Waals surface area (Å²) in [5, 5.41) is 11.6. The molecule has 0 bridgehead atoms. The second-order valence-electron chi connectivity index (χ2n) is 17.0. The van der Waals surface area contributed by atoms with Crippen molar-refractivity contribution in [2.24, 2.45) is 23.7 Å². The summed E-state index contributed by atoms with van der Waals surface area (Å²) in [6.45, 7) is 30.6. The van der Waals surface area contributed by atoms with Crippen molar-refractivity contribution in [1.29, 1.82) is 0 Å². The summed E-state index contributed by atoms with van der Waals surface area (Å²) in [4.78, 5) is 41.5. The Morgan fingerprint density at radius 1 is 0.854 bits per heavy atom. The predicted octanol–water partition coefficient (Wildman–Crippen LogP) is 6.29. The second-order valence-corrected chi connectivity index (χ2v) is 30.7. The van der Waals surface area contributed by atoms with Crippen LogP contribution in [0.1, 0.15) is 61.3 Å². The maximum absolute atomic E-state index is 14.0. The molecule has 234 valence electrons. The first-order valence-corrected chi connectivity index (χ1v) is 25.0. The van der Waals surface area contributed by atoms with Gasteiger partial charge < -0.3 is 18.4 Å². The van der Waals surface area contributed by atoms with Gasteiger partial charge in [0.2, 0.25) is 11.6 Å². The van der Waals surface area contributed by atoms with Crippen LogP contribution in [0, 0.1) is 23.7 Å². The minimum atomic E-state index is -2.47. The summed E-state index contributed by atoms with van der Waals surface area (Å²) in [5.74, 6) is -3.98. The molecular formula is C31H56O7Si3. The number of carbonyl (C=O) groups excluding carboxylic acids is 3. The lowest BCUT2D eigenvalue weighted by molar-refractivity contribution is -0.181. The number of ketones is 3. The van der Waals surface area contributed by atoms with Gasteiger partial charge in [0.1, 0.15) is 0 Å². The molecule has 0 aromatic heterocycles. The van der Waals surface area contributed by atoms with E-state index in [0.717, 1.165) is 0 Å². The van der Waals surface area contributed by atoms with Crippen LogP contribution in [0.4, 0.5) is 0 Å². The van der Waals surface area contributed by atoms with Crippen LogP contribution in [-0.2, 0) is 27.7 Å². The average Bonchev–Trinajstić information content (AvgIpc) is 3.00. The highest BCUT2D eigenvalue weighted by atomic mass is 28.4. The van der Waals surface area contributed by atoms with Crippen molar-refractivity contribution >= 4 is 42.3 Å². The average molecular weight is 625 g/mol. The van der Waals surface area contributed by atoms with E-state index in [1.165, 1.54) is 0 Å². The Morgan fingerprint density at radius 3 is 1.80 bits per heavy atom. The van der Waals surface area contributed by atoms with Gasteiger partial charge in [-0.1, -0.05) is 34.6 Å². The molecule has 3 rings (SSSR count). The Bertz CT molecular complexity index is 1120. The van der Waals surface area contributed by atoms with Gasteiger partial charge in [0.05, 0.1) is 34.7 Å². The predicted molar refractivity (Wildman–Crippen MR) is 170 cm³/mol.